The Morgan fingerprint density at radius 2 is 1.72 bits per heavy atom. The molecular weight excluding hydrogens is 455 g/mol. The normalized spacial score (nSPS) is 14.0. The van der Waals surface area contributed by atoms with Gasteiger partial charge in [0.25, 0.3) is 5.91 Å². The summed E-state index contributed by atoms with van der Waals surface area (Å²) in [4.78, 5) is 29.5. The Hall–Kier alpha value is -2.51. The molecule has 0 radical (unpaired) electrons. The fraction of sp³-hybridized carbons (Fsp3) is 0.435. The number of methoxy groups -OCH3 is 2. The minimum atomic E-state index is -0.302. The molecule has 1 aliphatic rings. The third-order valence-corrected chi connectivity index (χ3v) is 6.06. The van der Waals surface area contributed by atoms with Gasteiger partial charge in [0.1, 0.15) is 0 Å². The van der Waals surface area contributed by atoms with Crippen LogP contribution in [-0.4, -0.2) is 43.5 Å². The molecule has 7 nitrogen and oxygen atoms in total. The van der Waals surface area contributed by atoms with E-state index in [-0.39, 0.29) is 47.8 Å². The maximum atomic E-state index is 13.2. The van der Waals surface area contributed by atoms with Crippen molar-refractivity contribution in [3.05, 3.63) is 45.7 Å². The van der Waals surface area contributed by atoms with Crippen molar-refractivity contribution in [3.8, 4) is 17.2 Å². The molecule has 1 heterocycles. The fourth-order valence-electron chi connectivity index (χ4n) is 3.78. The molecule has 2 aromatic rings. The molecule has 1 aromatic heterocycles. The Morgan fingerprint density at radius 1 is 1.03 bits per heavy atom. The number of aromatic nitrogens is 1. The highest BCUT2D eigenvalue weighted by Crippen LogP contribution is 2.41. The third-order valence-electron chi connectivity index (χ3n) is 5.41. The largest absolute Gasteiger partial charge is 0.493 e. The van der Waals surface area contributed by atoms with Crippen LogP contribution in [0.25, 0.3) is 0 Å². The second kappa shape index (κ2) is 11.4. The number of ether oxygens (including phenoxy) is 3. The average molecular weight is 481 g/mol. The number of amides is 1. The first kappa shape index (κ1) is 24.1. The van der Waals surface area contributed by atoms with Crippen molar-refractivity contribution in [2.75, 3.05) is 20.8 Å². The highest BCUT2D eigenvalue weighted by atomic mass is 35.5. The number of ketones is 1. The summed E-state index contributed by atoms with van der Waals surface area (Å²) in [6, 6.07) is 3.34. The van der Waals surface area contributed by atoms with E-state index in [1.165, 1.54) is 33.0 Å². The highest BCUT2D eigenvalue weighted by molar-refractivity contribution is 6.36. The average Bonchev–Trinajstić information content (AvgIpc) is 2.79. The number of hydrogen-bond acceptors (Lipinski definition) is 6. The van der Waals surface area contributed by atoms with Crippen LogP contribution in [0.15, 0.2) is 24.5 Å². The lowest BCUT2D eigenvalue weighted by Gasteiger charge is -2.23. The quantitative estimate of drug-likeness (QED) is 0.525. The lowest BCUT2D eigenvalue weighted by atomic mass is 9.95. The van der Waals surface area contributed by atoms with Gasteiger partial charge in [0, 0.05) is 30.4 Å². The third kappa shape index (κ3) is 5.84. The van der Waals surface area contributed by atoms with E-state index in [2.05, 4.69) is 10.3 Å². The number of rotatable bonds is 9. The predicted molar refractivity (Wildman–Crippen MR) is 122 cm³/mol. The van der Waals surface area contributed by atoms with Crippen LogP contribution >= 0.6 is 23.2 Å². The molecule has 0 saturated heterocycles. The Morgan fingerprint density at radius 3 is 2.34 bits per heavy atom. The van der Waals surface area contributed by atoms with E-state index in [1.54, 1.807) is 12.1 Å². The summed E-state index contributed by atoms with van der Waals surface area (Å²) < 4.78 is 16.6. The van der Waals surface area contributed by atoms with Gasteiger partial charge in [-0.2, -0.15) is 0 Å². The Balaban J connectivity index is 1.82. The molecule has 32 heavy (non-hydrogen) atoms. The van der Waals surface area contributed by atoms with Gasteiger partial charge in [0.2, 0.25) is 5.75 Å². The number of benzene rings is 1. The molecule has 9 heteroatoms. The summed E-state index contributed by atoms with van der Waals surface area (Å²) in [6.07, 6.45) is 8.12. The van der Waals surface area contributed by atoms with Crippen molar-refractivity contribution < 1.29 is 23.8 Å². The first-order valence-corrected chi connectivity index (χ1v) is 11.2. The van der Waals surface area contributed by atoms with Gasteiger partial charge in [0.05, 0.1) is 29.8 Å². The topological polar surface area (TPSA) is 86.8 Å². The van der Waals surface area contributed by atoms with E-state index in [1.807, 2.05) is 0 Å². The molecular formula is C23H26Cl2N2O5. The van der Waals surface area contributed by atoms with Crippen LogP contribution < -0.4 is 19.5 Å². The number of halogens is 2. The van der Waals surface area contributed by atoms with Gasteiger partial charge >= 0.3 is 0 Å². The number of pyridine rings is 1. The molecule has 0 bridgehead atoms. The molecule has 1 N–H and O–H groups in total. The summed E-state index contributed by atoms with van der Waals surface area (Å²) >= 11 is 12.3. The SMILES string of the molecule is COc1ccc(C(=O)Cc2c(Cl)cncc2Cl)c(OCC(=O)NC2CCCCC2)c1OC. The molecule has 0 atom stereocenters. The first-order chi connectivity index (χ1) is 15.4. The number of Topliss-reactive ketones (excluding diaryl/α,β-unsaturated/α-hetero) is 1. The predicted octanol–water partition coefficient (Wildman–Crippen LogP) is 4.66. The van der Waals surface area contributed by atoms with E-state index in [4.69, 9.17) is 37.4 Å². The number of nitrogens with zero attached hydrogens (tertiary/aromatic N) is 1. The van der Waals surface area contributed by atoms with E-state index in [0.29, 0.717) is 21.4 Å². The van der Waals surface area contributed by atoms with E-state index >= 15 is 0 Å². The molecule has 172 valence electrons. The lowest BCUT2D eigenvalue weighted by Crippen LogP contribution is -2.39. The molecule has 3 rings (SSSR count). The smallest absolute Gasteiger partial charge is 0.258 e. The second-order valence-corrected chi connectivity index (χ2v) is 8.36. The Bertz CT molecular complexity index is 957. The molecule has 1 saturated carbocycles. The molecule has 1 aromatic carbocycles. The standard InChI is InChI=1S/C23H26Cl2N2O5/c1-30-20-9-8-15(19(28)10-16-17(24)11-26-12-18(16)25)22(23(20)31-2)32-13-21(29)27-14-6-4-3-5-7-14/h8-9,11-12,14H,3-7,10,13H2,1-2H3,(H,27,29). The number of carbonyl (C=O) groups is 2. The second-order valence-electron chi connectivity index (χ2n) is 7.55. The zero-order valence-corrected chi connectivity index (χ0v) is 19.6. The van der Waals surface area contributed by atoms with Crippen LogP contribution in [0.2, 0.25) is 10.0 Å². The molecule has 0 unspecified atom stereocenters. The van der Waals surface area contributed by atoms with Gasteiger partial charge < -0.3 is 19.5 Å². The van der Waals surface area contributed by atoms with Gasteiger partial charge in [-0.05, 0) is 25.0 Å². The maximum absolute atomic E-state index is 13.2. The zero-order valence-electron chi connectivity index (χ0n) is 18.1. The van der Waals surface area contributed by atoms with Gasteiger partial charge in [0.15, 0.2) is 23.9 Å². The highest BCUT2D eigenvalue weighted by Gasteiger charge is 2.24. The molecule has 1 aliphatic carbocycles. The monoisotopic (exact) mass is 480 g/mol. The van der Waals surface area contributed by atoms with Gasteiger partial charge in [-0.1, -0.05) is 42.5 Å². The minimum Gasteiger partial charge on any atom is -0.493 e. The van der Waals surface area contributed by atoms with Crippen LogP contribution in [0, 0.1) is 0 Å². The number of hydrogen-bond donors (Lipinski definition) is 1. The van der Waals surface area contributed by atoms with Crippen molar-refractivity contribution in [2.45, 2.75) is 44.6 Å². The molecule has 0 spiro atoms. The van der Waals surface area contributed by atoms with Crippen LogP contribution in [0.5, 0.6) is 17.2 Å². The Kier molecular flexibility index (Phi) is 8.59. The summed E-state index contributed by atoms with van der Waals surface area (Å²) in [5, 5.41) is 3.58. The van der Waals surface area contributed by atoms with Gasteiger partial charge in [-0.15, -0.1) is 0 Å². The summed E-state index contributed by atoms with van der Waals surface area (Å²) in [7, 11) is 2.92. The fourth-order valence-corrected chi connectivity index (χ4v) is 4.28. The zero-order chi connectivity index (χ0) is 23.1. The number of carbonyl (C=O) groups excluding carboxylic acids is 2. The van der Waals surface area contributed by atoms with Gasteiger partial charge in [-0.3, -0.25) is 14.6 Å². The summed E-state index contributed by atoms with van der Waals surface area (Å²) in [6.45, 7) is -0.253. The van der Waals surface area contributed by atoms with E-state index < -0.39 is 0 Å². The van der Waals surface area contributed by atoms with Crippen LogP contribution in [0.4, 0.5) is 0 Å². The van der Waals surface area contributed by atoms with Crippen molar-refractivity contribution in [1.82, 2.24) is 10.3 Å². The lowest BCUT2D eigenvalue weighted by molar-refractivity contribution is -0.124. The molecule has 1 fully saturated rings. The first-order valence-electron chi connectivity index (χ1n) is 10.4. The van der Waals surface area contributed by atoms with Crippen molar-refractivity contribution in [3.63, 3.8) is 0 Å². The number of nitrogens with one attached hydrogen (secondary N) is 1. The van der Waals surface area contributed by atoms with Gasteiger partial charge in [-0.25, -0.2) is 0 Å². The summed E-state index contributed by atoms with van der Waals surface area (Å²) in [5.41, 5.74) is 0.696. The summed E-state index contributed by atoms with van der Waals surface area (Å²) in [5.74, 6) is 0.198. The van der Waals surface area contributed by atoms with Crippen LogP contribution in [0.1, 0.15) is 48.0 Å². The van der Waals surface area contributed by atoms with E-state index in [0.717, 1.165) is 25.7 Å². The van der Waals surface area contributed by atoms with Crippen LogP contribution in [-0.2, 0) is 11.2 Å². The van der Waals surface area contributed by atoms with Crippen molar-refractivity contribution >= 4 is 34.9 Å². The van der Waals surface area contributed by atoms with Crippen molar-refractivity contribution in [2.24, 2.45) is 0 Å². The van der Waals surface area contributed by atoms with Crippen molar-refractivity contribution in [1.29, 1.82) is 0 Å². The molecule has 1 amide bonds. The van der Waals surface area contributed by atoms with E-state index in [9.17, 15) is 9.59 Å². The minimum absolute atomic E-state index is 0.0691. The maximum Gasteiger partial charge on any atom is 0.258 e. The molecule has 0 aliphatic heterocycles. The van der Waals surface area contributed by atoms with Crippen LogP contribution in [0.3, 0.4) is 0 Å². The Labute approximate surface area is 197 Å².